The second-order valence-corrected chi connectivity index (χ2v) is 7.17. The Labute approximate surface area is 160 Å². The molecular formula is C19H16ClN3O4. The first kappa shape index (κ1) is 17.5. The third kappa shape index (κ3) is 2.84. The number of benzene rings is 2. The van der Waals surface area contributed by atoms with Crippen LogP contribution < -0.4 is 10.2 Å². The van der Waals surface area contributed by atoms with Gasteiger partial charge in [-0.1, -0.05) is 11.6 Å². The molecule has 7 nitrogen and oxygen atoms in total. The largest absolute Gasteiger partial charge is 0.322 e. The van der Waals surface area contributed by atoms with Crippen LogP contribution >= 0.6 is 11.6 Å². The van der Waals surface area contributed by atoms with E-state index in [-0.39, 0.29) is 28.1 Å². The molecule has 0 fully saturated rings. The molecule has 0 aliphatic carbocycles. The molecule has 2 aromatic carbocycles. The molecule has 0 spiro atoms. The molecule has 0 saturated heterocycles. The summed E-state index contributed by atoms with van der Waals surface area (Å²) in [4.78, 5) is 37.2. The van der Waals surface area contributed by atoms with Gasteiger partial charge >= 0.3 is 0 Å². The summed E-state index contributed by atoms with van der Waals surface area (Å²) in [5, 5.41) is 13.8. The van der Waals surface area contributed by atoms with Gasteiger partial charge in [0, 0.05) is 23.9 Å². The highest BCUT2D eigenvalue weighted by Gasteiger charge is 2.38. The molecule has 0 unspecified atom stereocenters. The highest BCUT2D eigenvalue weighted by atomic mass is 35.5. The Hall–Kier alpha value is -2.93. The van der Waals surface area contributed by atoms with Crippen LogP contribution in [0, 0.1) is 10.1 Å². The molecular weight excluding hydrogens is 370 g/mol. The molecule has 2 heterocycles. The van der Waals surface area contributed by atoms with Crippen LogP contribution in [0.5, 0.6) is 0 Å². The summed E-state index contributed by atoms with van der Waals surface area (Å²) in [5.74, 6) is -0.625. The number of aryl methyl sites for hydroxylation is 1. The highest BCUT2D eigenvalue weighted by Crippen LogP contribution is 2.44. The maximum absolute atomic E-state index is 12.6. The number of nitrogens with one attached hydrogen (secondary N) is 1. The van der Waals surface area contributed by atoms with Crippen LogP contribution in [-0.4, -0.2) is 23.3 Å². The summed E-state index contributed by atoms with van der Waals surface area (Å²) in [6.45, 7) is 2.59. The van der Waals surface area contributed by atoms with E-state index in [1.807, 2.05) is 24.0 Å². The number of rotatable bonds is 3. The summed E-state index contributed by atoms with van der Waals surface area (Å²) in [6, 6.07) is 7.62. The van der Waals surface area contributed by atoms with Gasteiger partial charge in [0.1, 0.15) is 5.02 Å². The summed E-state index contributed by atoms with van der Waals surface area (Å²) in [7, 11) is 0. The summed E-state index contributed by atoms with van der Waals surface area (Å²) >= 11 is 5.80. The van der Waals surface area contributed by atoms with Gasteiger partial charge in [-0.25, -0.2) is 0 Å². The second kappa shape index (κ2) is 6.35. The summed E-state index contributed by atoms with van der Waals surface area (Å²) < 4.78 is 0. The molecule has 8 heteroatoms. The molecule has 0 radical (unpaired) electrons. The zero-order valence-electron chi connectivity index (χ0n) is 14.5. The van der Waals surface area contributed by atoms with Gasteiger partial charge in [0.15, 0.2) is 0 Å². The Morgan fingerprint density at radius 3 is 2.85 bits per heavy atom. The molecule has 2 aliphatic heterocycles. The van der Waals surface area contributed by atoms with Crippen LogP contribution in [0.1, 0.15) is 40.7 Å². The monoisotopic (exact) mass is 385 g/mol. The van der Waals surface area contributed by atoms with E-state index in [4.69, 9.17) is 11.6 Å². The van der Waals surface area contributed by atoms with Gasteiger partial charge in [0.05, 0.1) is 16.5 Å². The standard InChI is InChI=1S/C19H16ClN3O4/c1-10-14-9-13(7-11-3-2-6-22(17(11)14)19(10)25)21-18(24)12-4-5-15(20)16(8-12)23(26)27/h4-5,7-10H,2-3,6H2,1H3,(H,21,24)/t10-/m1/s1. The molecule has 2 aromatic rings. The van der Waals surface area contributed by atoms with Gasteiger partial charge in [-0.2, -0.15) is 0 Å². The predicted molar refractivity (Wildman–Crippen MR) is 102 cm³/mol. The SMILES string of the molecule is C[C@H]1C(=O)N2CCCc3cc(NC(=O)c4ccc(Cl)c([N+](=O)[O-])c4)cc1c32. The van der Waals surface area contributed by atoms with Gasteiger partial charge in [0.2, 0.25) is 5.91 Å². The average molecular weight is 386 g/mol. The van der Waals surface area contributed by atoms with Crippen molar-refractivity contribution < 1.29 is 14.5 Å². The molecule has 1 atom stereocenters. The van der Waals surface area contributed by atoms with Crippen LogP contribution in [0.3, 0.4) is 0 Å². The van der Waals surface area contributed by atoms with Crippen molar-refractivity contribution in [3.63, 3.8) is 0 Å². The van der Waals surface area contributed by atoms with E-state index in [1.54, 1.807) is 0 Å². The number of nitro groups is 1. The van der Waals surface area contributed by atoms with E-state index in [0.29, 0.717) is 5.69 Å². The number of anilines is 2. The Balaban J connectivity index is 1.67. The normalized spacial score (nSPS) is 17.6. The lowest BCUT2D eigenvalue weighted by Crippen LogP contribution is -2.32. The Morgan fingerprint density at radius 1 is 1.33 bits per heavy atom. The minimum absolute atomic E-state index is 0.0223. The Bertz CT molecular complexity index is 1000. The van der Waals surface area contributed by atoms with Crippen LogP contribution in [0.2, 0.25) is 5.02 Å². The molecule has 0 aromatic heterocycles. The Kier molecular flexibility index (Phi) is 4.11. The predicted octanol–water partition coefficient (Wildman–Crippen LogP) is 3.90. The van der Waals surface area contributed by atoms with E-state index < -0.39 is 10.8 Å². The second-order valence-electron chi connectivity index (χ2n) is 6.77. The van der Waals surface area contributed by atoms with Crippen LogP contribution in [0.15, 0.2) is 30.3 Å². The van der Waals surface area contributed by atoms with Gasteiger partial charge in [0.25, 0.3) is 11.6 Å². The first-order valence-corrected chi connectivity index (χ1v) is 8.98. The van der Waals surface area contributed by atoms with Crippen LogP contribution in [0.25, 0.3) is 0 Å². The Morgan fingerprint density at radius 2 is 2.11 bits per heavy atom. The van der Waals surface area contributed by atoms with Crippen molar-refractivity contribution in [3.05, 3.63) is 62.2 Å². The lowest BCUT2D eigenvalue weighted by atomic mass is 9.96. The van der Waals surface area contributed by atoms with E-state index in [1.165, 1.54) is 12.1 Å². The number of hydrogen-bond donors (Lipinski definition) is 1. The fraction of sp³-hybridized carbons (Fsp3) is 0.263. The van der Waals surface area contributed by atoms with Gasteiger partial charge in [-0.3, -0.25) is 19.7 Å². The van der Waals surface area contributed by atoms with Crippen molar-refractivity contribution in [1.82, 2.24) is 0 Å². The van der Waals surface area contributed by atoms with Gasteiger partial charge in [-0.15, -0.1) is 0 Å². The minimum atomic E-state index is -0.625. The maximum atomic E-state index is 12.6. The van der Waals surface area contributed by atoms with Crippen molar-refractivity contribution in [2.24, 2.45) is 0 Å². The zero-order valence-corrected chi connectivity index (χ0v) is 15.2. The lowest BCUT2D eigenvalue weighted by Gasteiger charge is -2.26. The summed E-state index contributed by atoms with van der Waals surface area (Å²) in [6.07, 6.45) is 1.72. The topological polar surface area (TPSA) is 92.6 Å². The quantitative estimate of drug-likeness (QED) is 0.640. The van der Waals surface area contributed by atoms with E-state index in [2.05, 4.69) is 5.32 Å². The number of nitrogens with zero attached hydrogens (tertiary/aromatic N) is 2. The molecule has 2 amide bonds. The average Bonchev–Trinajstić information content (AvgIpc) is 2.88. The van der Waals surface area contributed by atoms with E-state index in [0.717, 1.165) is 42.3 Å². The van der Waals surface area contributed by atoms with Crippen LogP contribution in [-0.2, 0) is 11.2 Å². The first-order chi connectivity index (χ1) is 12.9. The number of carbonyl (C=O) groups is 2. The number of hydrogen-bond acceptors (Lipinski definition) is 4. The molecule has 27 heavy (non-hydrogen) atoms. The number of amides is 2. The van der Waals surface area contributed by atoms with Crippen molar-refractivity contribution in [1.29, 1.82) is 0 Å². The molecule has 2 aliphatic rings. The van der Waals surface area contributed by atoms with Gasteiger partial charge < -0.3 is 10.2 Å². The summed E-state index contributed by atoms with van der Waals surface area (Å²) in [5.41, 5.74) is 3.33. The maximum Gasteiger partial charge on any atom is 0.288 e. The molecule has 1 N–H and O–H groups in total. The highest BCUT2D eigenvalue weighted by molar-refractivity contribution is 6.32. The smallest absolute Gasteiger partial charge is 0.288 e. The van der Waals surface area contributed by atoms with Gasteiger partial charge in [-0.05, 0) is 55.2 Å². The van der Waals surface area contributed by atoms with Crippen molar-refractivity contribution in [2.45, 2.75) is 25.7 Å². The minimum Gasteiger partial charge on any atom is -0.322 e. The number of carbonyl (C=O) groups excluding carboxylic acids is 2. The number of halogens is 1. The molecule has 0 bridgehead atoms. The van der Waals surface area contributed by atoms with Crippen molar-refractivity contribution in [3.8, 4) is 0 Å². The number of nitro benzene ring substituents is 1. The molecule has 138 valence electrons. The zero-order chi connectivity index (χ0) is 19.3. The third-order valence-corrected chi connectivity index (χ3v) is 5.40. The van der Waals surface area contributed by atoms with Crippen LogP contribution in [0.4, 0.5) is 17.1 Å². The molecule has 0 saturated carbocycles. The third-order valence-electron chi connectivity index (χ3n) is 5.08. The molecule has 4 rings (SSSR count). The van der Waals surface area contributed by atoms with E-state index in [9.17, 15) is 19.7 Å². The van der Waals surface area contributed by atoms with Crippen molar-refractivity contribution >= 4 is 40.5 Å². The van der Waals surface area contributed by atoms with Crippen molar-refractivity contribution in [2.75, 3.05) is 16.8 Å². The fourth-order valence-corrected chi connectivity index (χ4v) is 3.95. The fourth-order valence-electron chi connectivity index (χ4n) is 3.76. The van der Waals surface area contributed by atoms with E-state index >= 15 is 0 Å². The lowest BCUT2D eigenvalue weighted by molar-refractivity contribution is -0.384. The first-order valence-electron chi connectivity index (χ1n) is 8.60.